The van der Waals surface area contributed by atoms with Gasteiger partial charge in [-0.3, -0.25) is 4.79 Å². The Morgan fingerprint density at radius 3 is 2.50 bits per heavy atom. The SMILES string of the molecule is NCC1CCCN1C(=O)c1cc(F)c(F)c(F)c1. The van der Waals surface area contributed by atoms with Gasteiger partial charge >= 0.3 is 0 Å². The van der Waals surface area contributed by atoms with Crippen molar-refractivity contribution in [1.82, 2.24) is 4.90 Å². The number of amides is 1. The molecule has 1 aromatic rings. The second-order valence-corrected chi connectivity index (χ2v) is 4.28. The van der Waals surface area contributed by atoms with E-state index in [1.165, 1.54) is 4.90 Å². The number of hydrogen-bond donors (Lipinski definition) is 1. The number of halogens is 3. The maximum absolute atomic E-state index is 13.1. The lowest BCUT2D eigenvalue weighted by atomic mass is 10.1. The summed E-state index contributed by atoms with van der Waals surface area (Å²) in [5.74, 6) is -4.80. The highest BCUT2D eigenvalue weighted by molar-refractivity contribution is 5.94. The second-order valence-electron chi connectivity index (χ2n) is 4.28. The minimum atomic E-state index is -1.57. The summed E-state index contributed by atoms with van der Waals surface area (Å²) in [4.78, 5) is 13.5. The zero-order valence-electron chi connectivity index (χ0n) is 9.63. The van der Waals surface area contributed by atoms with Gasteiger partial charge in [0.15, 0.2) is 17.5 Å². The number of rotatable bonds is 2. The van der Waals surface area contributed by atoms with Crippen molar-refractivity contribution >= 4 is 5.91 Å². The third-order valence-corrected chi connectivity index (χ3v) is 3.14. The molecule has 1 aromatic carbocycles. The number of nitrogens with two attached hydrogens (primary N) is 1. The van der Waals surface area contributed by atoms with Crippen LogP contribution in [0.2, 0.25) is 0 Å². The van der Waals surface area contributed by atoms with Gasteiger partial charge in [-0.1, -0.05) is 0 Å². The van der Waals surface area contributed by atoms with Crippen molar-refractivity contribution in [1.29, 1.82) is 0 Å². The predicted molar refractivity (Wildman–Crippen MR) is 59.4 cm³/mol. The van der Waals surface area contributed by atoms with E-state index in [9.17, 15) is 18.0 Å². The fourth-order valence-corrected chi connectivity index (χ4v) is 2.19. The molecule has 0 saturated carbocycles. The highest BCUT2D eigenvalue weighted by Crippen LogP contribution is 2.21. The first kappa shape index (κ1) is 12.9. The molecule has 18 heavy (non-hydrogen) atoms. The van der Waals surface area contributed by atoms with Gasteiger partial charge < -0.3 is 10.6 Å². The summed E-state index contributed by atoms with van der Waals surface area (Å²) >= 11 is 0. The Balaban J connectivity index is 2.29. The topological polar surface area (TPSA) is 46.3 Å². The Morgan fingerprint density at radius 1 is 1.33 bits per heavy atom. The van der Waals surface area contributed by atoms with Gasteiger partial charge in [0, 0.05) is 24.7 Å². The molecule has 1 aliphatic heterocycles. The minimum absolute atomic E-state index is 0.117. The zero-order valence-corrected chi connectivity index (χ0v) is 9.63. The Kier molecular flexibility index (Phi) is 3.56. The quantitative estimate of drug-likeness (QED) is 0.820. The van der Waals surface area contributed by atoms with Crippen LogP contribution in [0, 0.1) is 17.5 Å². The lowest BCUT2D eigenvalue weighted by Crippen LogP contribution is -2.40. The van der Waals surface area contributed by atoms with Crippen molar-refractivity contribution in [3.05, 3.63) is 35.1 Å². The molecule has 1 atom stereocenters. The van der Waals surface area contributed by atoms with E-state index in [2.05, 4.69) is 0 Å². The molecule has 2 rings (SSSR count). The Bertz CT molecular complexity index is 455. The molecular weight excluding hydrogens is 245 g/mol. The Labute approximate surface area is 102 Å². The molecule has 0 aromatic heterocycles. The maximum Gasteiger partial charge on any atom is 0.254 e. The molecule has 98 valence electrons. The van der Waals surface area contributed by atoms with E-state index in [0.29, 0.717) is 25.2 Å². The van der Waals surface area contributed by atoms with Crippen LogP contribution < -0.4 is 5.73 Å². The fourth-order valence-electron chi connectivity index (χ4n) is 2.19. The molecule has 0 spiro atoms. The first-order valence-electron chi connectivity index (χ1n) is 5.70. The van der Waals surface area contributed by atoms with Gasteiger partial charge in [0.25, 0.3) is 5.91 Å². The highest BCUT2D eigenvalue weighted by atomic mass is 19.2. The van der Waals surface area contributed by atoms with E-state index >= 15 is 0 Å². The molecule has 1 heterocycles. The Hall–Kier alpha value is -1.56. The molecule has 2 N–H and O–H groups in total. The lowest BCUT2D eigenvalue weighted by molar-refractivity contribution is 0.0740. The first-order valence-corrected chi connectivity index (χ1v) is 5.70. The molecule has 1 amide bonds. The first-order chi connectivity index (χ1) is 8.54. The molecule has 0 bridgehead atoms. The highest BCUT2D eigenvalue weighted by Gasteiger charge is 2.29. The van der Waals surface area contributed by atoms with Crippen molar-refractivity contribution in [3.8, 4) is 0 Å². The van der Waals surface area contributed by atoms with Crippen molar-refractivity contribution < 1.29 is 18.0 Å². The van der Waals surface area contributed by atoms with Crippen LogP contribution in [0.4, 0.5) is 13.2 Å². The largest absolute Gasteiger partial charge is 0.334 e. The predicted octanol–water partition coefficient (Wildman–Crippen LogP) is 1.67. The monoisotopic (exact) mass is 258 g/mol. The third-order valence-electron chi connectivity index (χ3n) is 3.14. The summed E-state index contributed by atoms with van der Waals surface area (Å²) in [6.45, 7) is 0.805. The van der Waals surface area contributed by atoms with Gasteiger partial charge in [0.2, 0.25) is 0 Å². The Morgan fingerprint density at radius 2 is 1.94 bits per heavy atom. The maximum atomic E-state index is 13.1. The summed E-state index contributed by atoms with van der Waals surface area (Å²) in [7, 11) is 0. The fraction of sp³-hybridized carbons (Fsp3) is 0.417. The lowest BCUT2D eigenvalue weighted by Gasteiger charge is -2.23. The number of carbonyl (C=O) groups is 1. The van der Waals surface area contributed by atoms with Gasteiger partial charge in [0.05, 0.1) is 0 Å². The van der Waals surface area contributed by atoms with Crippen molar-refractivity contribution in [3.63, 3.8) is 0 Å². The molecule has 1 unspecified atom stereocenters. The van der Waals surface area contributed by atoms with Crippen LogP contribution >= 0.6 is 0 Å². The van der Waals surface area contributed by atoms with Crippen LogP contribution in [-0.4, -0.2) is 29.9 Å². The van der Waals surface area contributed by atoms with Gasteiger partial charge in [-0.2, -0.15) is 0 Å². The number of benzene rings is 1. The summed E-state index contributed by atoms with van der Waals surface area (Å²) < 4.78 is 38.9. The minimum Gasteiger partial charge on any atom is -0.334 e. The average Bonchev–Trinajstić information content (AvgIpc) is 2.82. The van der Waals surface area contributed by atoms with Crippen LogP contribution in [0.5, 0.6) is 0 Å². The molecule has 0 aliphatic carbocycles. The zero-order chi connectivity index (χ0) is 13.3. The van der Waals surface area contributed by atoms with Crippen molar-refractivity contribution in [2.45, 2.75) is 18.9 Å². The molecule has 3 nitrogen and oxygen atoms in total. The average molecular weight is 258 g/mol. The molecular formula is C12H13F3N2O. The van der Waals surface area contributed by atoms with Crippen LogP contribution in [0.15, 0.2) is 12.1 Å². The smallest absolute Gasteiger partial charge is 0.254 e. The van der Waals surface area contributed by atoms with E-state index in [-0.39, 0.29) is 11.6 Å². The van der Waals surface area contributed by atoms with E-state index in [0.717, 1.165) is 12.8 Å². The summed E-state index contributed by atoms with van der Waals surface area (Å²) in [5.41, 5.74) is 5.33. The van der Waals surface area contributed by atoms with Crippen LogP contribution in [-0.2, 0) is 0 Å². The van der Waals surface area contributed by atoms with Gasteiger partial charge in [-0.25, -0.2) is 13.2 Å². The van der Waals surface area contributed by atoms with Crippen LogP contribution in [0.25, 0.3) is 0 Å². The number of hydrogen-bond acceptors (Lipinski definition) is 2. The van der Waals surface area contributed by atoms with Gasteiger partial charge in [0.1, 0.15) is 0 Å². The number of likely N-dealkylation sites (tertiary alicyclic amines) is 1. The normalized spacial score (nSPS) is 19.3. The molecule has 1 aliphatic rings. The third kappa shape index (κ3) is 2.20. The molecule has 1 fully saturated rings. The van der Waals surface area contributed by atoms with Crippen LogP contribution in [0.3, 0.4) is 0 Å². The second kappa shape index (κ2) is 4.97. The van der Waals surface area contributed by atoms with Crippen LogP contribution in [0.1, 0.15) is 23.2 Å². The summed E-state index contributed by atoms with van der Waals surface area (Å²) in [6, 6.07) is 1.31. The van der Waals surface area contributed by atoms with Crippen molar-refractivity contribution in [2.24, 2.45) is 5.73 Å². The van der Waals surface area contributed by atoms with E-state index in [4.69, 9.17) is 5.73 Å². The molecule has 0 radical (unpaired) electrons. The molecule has 1 saturated heterocycles. The van der Waals surface area contributed by atoms with Gasteiger partial charge in [-0.15, -0.1) is 0 Å². The van der Waals surface area contributed by atoms with E-state index in [1.807, 2.05) is 0 Å². The number of carbonyl (C=O) groups excluding carboxylic acids is 1. The van der Waals surface area contributed by atoms with Crippen molar-refractivity contribution in [2.75, 3.05) is 13.1 Å². The number of nitrogens with zero attached hydrogens (tertiary/aromatic N) is 1. The summed E-state index contributed by atoms with van der Waals surface area (Å²) in [5, 5.41) is 0. The van der Waals surface area contributed by atoms with E-state index < -0.39 is 23.4 Å². The standard InChI is InChI=1S/C12H13F3N2O/c13-9-4-7(5-10(14)11(9)15)12(18)17-3-1-2-8(17)6-16/h4-5,8H,1-3,6,16H2. The molecule has 6 heteroatoms. The summed E-state index contributed by atoms with van der Waals surface area (Å²) in [6.07, 6.45) is 1.58. The van der Waals surface area contributed by atoms with E-state index in [1.54, 1.807) is 0 Å². The van der Waals surface area contributed by atoms with Gasteiger partial charge in [-0.05, 0) is 25.0 Å².